The molecule has 0 aliphatic heterocycles. The Balaban J connectivity index is 2.12. The van der Waals surface area contributed by atoms with Crippen molar-refractivity contribution in [3.05, 3.63) is 23.9 Å². The van der Waals surface area contributed by atoms with E-state index in [1.807, 2.05) is 18.2 Å². The molecule has 1 aromatic heterocycles. The molecule has 2 rings (SSSR count). The molecule has 0 amide bonds. The highest BCUT2D eigenvalue weighted by Crippen LogP contribution is 2.30. The number of nitrogens with zero attached hydrogens (tertiary/aromatic N) is 2. The van der Waals surface area contributed by atoms with Gasteiger partial charge in [0, 0.05) is 13.1 Å². The first-order valence-electron chi connectivity index (χ1n) is 5.68. The summed E-state index contributed by atoms with van der Waals surface area (Å²) in [6, 6.07) is 5.93. The van der Waals surface area contributed by atoms with Crippen LogP contribution in [0.15, 0.2) is 18.2 Å². The third-order valence-electron chi connectivity index (χ3n) is 2.78. The number of anilines is 1. The van der Waals surface area contributed by atoms with Crippen molar-refractivity contribution < 1.29 is 0 Å². The molecule has 3 heteroatoms. The van der Waals surface area contributed by atoms with Gasteiger partial charge >= 0.3 is 0 Å². The molecule has 0 aromatic carbocycles. The van der Waals surface area contributed by atoms with Gasteiger partial charge in [0.05, 0.1) is 12.2 Å². The topological polar surface area (TPSA) is 42.1 Å². The lowest BCUT2D eigenvalue weighted by atomic mass is 10.3. The summed E-state index contributed by atoms with van der Waals surface area (Å²) < 4.78 is 0. The minimum absolute atomic E-state index is 0.473. The van der Waals surface area contributed by atoms with Crippen LogP contribution in [0, 0.1) is 18.3 Å². The fraction of sp³-hybridized carbons (Fsp3) is 0.462. The first-order valence-corrected chi connectivity index (χ1v) is 5.68. The summed E-state index contributed by atoms with van der Waals surface area (Å²) in [7, 11) is 0. The van der Waals surface area contributed by atoms with E-state index < -0.39 is 0 Å². The smallest absolute Gasteiger partial charge is 0.129 e. The van der Waals surface area contributed by atoms with Gasteiger partial charge in [-0.15, -0.1) is 6.42 Å². The van der Waals surface area contributed by atoms with Gasteiger partial charge in [-0.2, -0.15) is 0 Å². The molecule has 0 spiro atoms. The van der Waals surface area contributed by atoms with Gasteiger partial charge < -0.3 is 10.6 Å². The van der Waals surface area contributed by atoms with E-state index in [0.29, 0.717) is 13.1 Å². The Bertz CT molecular complexity index is 390. The Morgan fingerprint density at radius 2 is 2.31 bits per heavy atom. The van der Waals surface area contributed by atoms with Crippen molar-refractivity contribution in [1.82, 2.24) is 4.98 Å². The molecule has 0 saturated heterocycles. The molecule has 3 nitrogen and oxygen atoms in total. The summed E-state index contributed by atoms with van der Waals surface area (Å²) in [5.74, 6) is 4.45. The number of rotatable bonds is 5. The number of aromatic nitrogens is 1. The predicted octanol–water partition coefficient (Wildman–Crippen LogP) is 1.39. The van der Waals surface area contributed by atoms with Crippen LogP contribution < -0.4 is 10.6 Å². The highest BCUT2D eigenvalue weighted by Gasteiger charge is 2.24. The van der Waals surface area contributed by atoms with E-state index in [9.17, 15) is 0 Å². The van der Waals surface area contributed by atoms with Crippen molar-refractivity contribution in [2.75, 3.05) is 18.0 Å². The van der Waals surface area contributed by atoms with Crippen LogP contribution in [0.4, 0.5) is 5.82 Å². The van der Waals surface area contributed by atoms with Crippen molar-refractivity contribution in [3.8, 4) is 12.3 Å². The van der Waals surface area contributed by atoms with Crippen molar-refractivity contribution in [1.29, 1.82) is 0 Å². The zero-order valence-electron chi connectivity index (χ0n) is 9.39. The lowest BCUT2D eigenvalue weighted by molar-refractivity contribution is 0.751. The molecule has 1 aliphatic carbocycles. The minimum atomic E-state index is 0.473. The van der Waals surface area contributed by atoms with Crippen LogP contribution in [0.5, 0.6) is 0 Å². The number of nitrogens with two attached hydrogens (primary N) is 1. The number of hydrogen-bond donors (Lipinski definition) is 1. The first kappa shape index (κ1) is 11.0. The van der Waals surface area contributed by atoms with Gasteiger partial charge in [0.2, 0.25) is 0 Å². The highest BCUT2D eigenvalue weighted by molar-refractivity contribution is 5.41. The van der Waals surface area contributed by atoms with Gasteiger partial charge in [-0.1, -0.05) is 12.0 Å². The Kier molecular flexibility index (Phi) is 3.43. The summed E-state index contributed by atoms with van der Waals surface area (Å²) in [5, 5.41) is 0. The first-order chi connectivity index (χ1) is 7.83. The Labute approximate surface area is 96.7 Å². The molecule has 0 radical (unpaired) electrons. The average molecular weight is 215 g/mol. The molecule has 0 atom stereocenters. The predicted molar refractivity (Wildman–Crippen MR) is 65.9 cm³/mol. The SMILES string of the molecule is C#CCN(CC1CC1)c1cccc(CN)n1. The Hall–Kier alpha value is -1.53. The largest absolute Gasteiger partial charge is 0.345 e. The second-order valence-electron chi connectivity index (χ2n) is 4.22. The Morgan fingerprint density at radius 1 is 1.50 bits per heavy atom. The van der Waals surface area contributed by atoms with E-state index in [0.717, 1.165) is 24.0 Å². The summed E-state index contributed by atoms with van der Waals surface area (Å²) in [5.41, 5.74) is 6.50. The van der Waals surface area contributed by atoms with Gasteiger partial charge in [-0.25, -0.2) is 4.98 Å². The lowest BCUT2D eigenvalue weighted by Gasteiger charge is -2.21. The van der Waals surface area contributed by atoms with E-state index in [4.69, 9.17) is 12.2 Å². The second kappa shape index (κ2) is 5.00. The Morgan fingerprint density at radius 3 is 2.94 bits per heavy atom. The van der Waals surface area contributed by atoms with Crippen molar-refractivity contribution in [3.63, 3.8) is 0 Å². The molecular weight excluding hydrogens is 198 g/mol. The number of terminal acetylenes is 1. The van der Waals surface area contributed by atoms with Crippen LogP contribution in [0.1, 0.15) is 18.5 Å². The third-order valence-corrected chi connectivity index (χ3v) is 2.78. The molecule has 1 heterocycles. The fourth-order valence-electron chi connectivity index (χ4n) is 1.72. The van der Waals surface area contributed by atoms with Gasteiger partial charge in [0.1, 0.15) is 5.82 Å². The van der Waals surface area contributed by atoms with E-state index in [1.54, 1.807) is 0 Å². The zero-order valence-corrected chi connectivity index (χ0v) is 9.39. The maximum atomic E-state index is 5.59. The second-order valence-corrected chi connectivity index (χ2v) is 4.22. The van der Waals surface area contributed by atoms with Gasteiger partial charge in [-0.3, -0.25) is 0 Å². The van der Waals surface area contributed by atoms with E-state index >= 15 is 0 Å². The average Bonchev–Trinajstić information content (AvgIpc) is 3.12. The standard InChI is InChI=1S/C13H17N3/c1-2-8-16(10-11-6-7-11)13-5-3-4-12(9-14)15-13/h1,3-5,11H,6-10,14H2. The summed E-state index contributed by atoms with van der Waals surface area (Å²) in [4.78, 5) is 6.66. The van der Waals surface area contributed by atoms with Crippen molar-refractivity contribution in [2.45, 2.75) is 19.4 Å². The summed E-state index contributed by atoms with van der Waals surface area (Å²) in [6.45, 7) is 2.11. The highest BCUT2D eigenvalue weighted by atomic mass is 15.2. The molecule has 1 fully saturated rings. The molecule has 1 aromatic rings. The molecule has 84 valence electrons. The third kappa shape index (κ3) is 2.74. The van der Waals surface area contributed by atoms with Gasteiger partial charge in [-0.05, 0) is 30.9 Å². The molecular formula is C13H17N3. The number of hydrogen-bond acceptors (Lipinski definition) is 3. The lowest BCUT2D eigenvalue weighted by Crippen LogP contribution is -2.27. The van der Waals surface area contributed by atoms with E-state index in [-0.39, 0.29) is 0 Å². The molecule has 0 bridgehead atoms. The molecule has 1 saturated carbocycles. The zero-order chi connectivity index (χ0) is 11.4. The fourth-order valence-corrected chi connectivity index (χ4v) is 1.72. The van der Waals surface area contributed by atoms with Crippen molar-refractivity contribution >= 4 is 5.82 Å². The molecule has 2 N–H and O–H groups in total. The van der Waals surface area contributed by atoms with Crippen LogP contribution in [-0.4, -0.2) is 18.1 Å². The van der Waals surface area contributed by atoms with Crippen molar-refractivity contribution in [2.24, 2.45) is 11.7 Å². The van der Waals surface area contributed by atoms with Crippen LogP contribution in [0.2, 0.25) is 0 Å². The molecule has 0 unspecified atom stereocenters. The maximum absolute atomic E-state index is 5.59. The van der Waals surface area contributed by atoms with Crippen LogP contribution in [0.3, 0.4) is 0 Å². The summed E-state index contributed by atoms with van der Waals surface area (Å²) in [6.07, 6.45) is 8.02. The van der Waals surface area contributed by atoms with Crippen LogP contribution in [-0.2, 0) is 6.54 Å². The van der Waals surface area contributed by atoms with Crippen LogP contribution in [0.25, 0.3) is 0 Å². The van der Waals surface area contributed by atoms with E-state index in [1.165, 1.54) is 12.8 Å². The summed E-state index contributed by atoms with van der Waals surface area (Å²) >= 11 is 0. The number of pyridine rings is 1. The maximum Gasteiger partial charge on any atom is 0.129 e. The molecule has 1 aliphatic rings. The monoisotopic (exact) mass is 215 g/mol. The van der Waals surface area contributed by atoms with Gasteiger partial charge in [0.15, 0.2) is 0 Å². The quantitative estimate of drug-likeness (QED) is 0.755. The molecule has 16 heavy (non-hydrogen) atoms. The van der Waals surface area contributed by atoms with Gasteiger partial charge in [0.25, 0.3) is 0 Å². The van der Waals surface area contributed by atoms with E-state index in [2.05, 4.69) is 15.8 Å². The minimum Gasteiger partial charge on any atom is -0.345 e. The van der Waals surface area contributed by atoms with Crippen LogP contribution >= 0.6 is 0 Å². The normalized spacial score (nSPS) is 14.5.